The van der Waals surface area contributed by atoms with Gasteiger partial charge in [0.25, 0.3) is 5.56 Å². The molecular weight excluding hydrogens is 495 g/mol. The van der Waals surface area contributed by atoms with E-state index in [1.807, 2.05) is 24.3 Å². The standard InChI is InChI=1S/C28H26F3N5O2/c1-36(21-6-3-16(4-7-21)26(37)25-18-8-10-32-11-9-19(25)12-18)15-24(34-35-36)22-13-17-2-5-20(28(29,30)31)14-23(17)33-27(22)38/h2-7,13-15,18-19,25,32H,8-12H2,1H3/p+1. The Hall–Kier alpha value is -3.63. The molecule has 3 heterocycles. The van der Waals surface area contributed by atoms with Crippen LogP contribution in [-0.4, -0.2) is 30.9 Å². The highest BCUT2D eigenvalue weighted by Gasteiger charge is 2.45. The van der Waals surface area contributed by atoms with Crippen molar-refractivity contribution in [2.75, 3.05) is 20.1 Å². The van der Waals surface area contributed by atoms with Gasteiger partial charge in [-0.1, -0.05) is 11.2 Å². The van der Waals surface area contributed by atoms with Crippen molar-refractivity contribution in [3.63, 3.8) is 0 Å². The number of aromatic nitrogens is 1. The molecule has 7 nitrogen and oxygen atoms in total. The average molecular weight is 523 g/mol. The third-order valence-corrected chi connectivity index (χ3v) is 8.14. The summed E-state index contributed by atoms with van der Waals surface area (Å²) < 4.78 is 39.1. The Balaban J connectivity index is 1.25. The van der Waals surface area contributed by atoms with Gasteiger partial charge in [0, 0.05) is 34.4 Å². The molecule has 1 saturated carbocycles. The van der Waals surface area contributed by atoms with Crippen LogP contribution < -0.4 is 15.5 Å². The summed E-state index contributed by atoms with van der Waals surface area (Å²) in [6, 6.07) is 12.1. The van der Waals surface area contributed by atoms with Gasteiger partial charge in [-0.25, -0.2) is 0 Å². The van der Waals surface area contributed by atoms with E-state index in [1.165, 1.54) is 12.1 Å². The zero-order valence-electron chi connectivity index (χ0n) is 20.8. The van der Waals surface area contributed by atoms with E-state index in [1.54, 1.807) is 13.2 Å². The van der Waals surface area contributed by atoms with Crippen molar-refractivity contribution in [1.82, 2.24) is 14.9 Å². The van der Waals surface area contributed by atoms with Crippen LogP contribution in [-0.2, 0) is 6.18 Å². The molecule has 2 fully saturated rings. The fourth-order valence-corrected chi connectivity index (χ4v) is 5.96. The van der Waals surface area contributed by atoms with E-state index in [0.717, 1.165) is 50.2 Å². The molecule has 6 rings (SSSR count). The second kappa shape index (κ2) is 8.99. The minimum Gasteiger partial charge on any atom is -0.321 e. The van der Waals surface area contributed by atoms with Gasteiger partial charge in [-0.3, -0.25) is 9.59 Å². The smallest absolute Gasteiger partial charge is 0.321 e. The van der Waals surface area contributed by atoms with Crippen LogP contribution >= 0.6 is 0 Å². The summed E-state index contributed by atoms with van der Waals surface area (Å²) in [6.45, 7) is 1.93. The number of aromatic amines is 1. The Bertz CT molecular complexity index is 1530. The highest BCUT2D eigenvalue weighted by molar-refractivity contribution is 5.99. The summed E-state index contributed by atoms with van der Waals surface area (Å²) in [5.41, 5.74) is 0.705. The number of alkyl halides is 3. The first-order valence-electron chi connectivity index (χ1n) is 12.7. The highest BCUT2D eigenvalue weighted by atomic mass is 19.4. The predicted octanol–water partition coefficient (Wildman–Crippen LogP) is 5.68. The Labute approximate surface area is 216 Å². The minimum absolute atomic E-state index is 0.0609. The molecule has 0 amide bonds. The first-order valence-corrected chi connectivity index (χ1v) is 12.7. The zero-order chi connectivity index (χ0) is 26.7. The van der Waals surface area contributed by atoms with Crippen molar-refractivity contribution < 1.29 is 18.0 Å². The van der Waals surface area contributed by atoms with E-state index in [9.17, 15) is 22.8 Å². The average Bonchev–Trinajstić information content (AvgIpc) is 3.24. The van der Waals surface area contributed by atoms with E-state index in [-0.39, 0.29) is 27.4 Å². The number of carbonyl (C=O) groups excluding carboxylic acids is 1. The Morgan fingerprint density at radius 3 is 2.42 bits per heavy atom. The topological polar surface area (TPSA) is 86.7 Å². The van der Waals surface area contributed by atoms with Crippen LogP contribution in [0.15, 0.2) is 69.9 Å². The molecule has 0 radical (unpaired) electrons. The molecule has 2 aliphatic heterocycles. The van der Waals surface area contributed by atoms with Crippen molar-refractivity contribution in [1.29, 1.82) is 0 Å². The molecule has 1 aromatic heterocycles. The van der Waals surface area contributed by atoms with Crippen LogP contribution in [0.5, 0.6) is 0 Å². The molecule has 196 valence electrons. The van der Waals surface area contributed by atoms with Crippen molar-refractivity contribution in [3.8, 4) is 0 Å². The number of nitrogens with zero attached hydrogens (tertiary/aromatic N) is 3. The third kappa shape index (κ3) is 4.27. The number of Topliss-reactive ketones (excluding diaryl/α,β-unsaturated/α-hetero) is 1. The molecule has 2 N–H and O–H groups in total. The lowest BCUT2D eigenvalue weighted by Gasteiger charge is -2.46. The maximum Gasteiger partial charge on any atom is 0.416 e. The maximum atomic E-state index is 13.3. The van der Waals surface area contributed by atoms with Crippen molar-refractivity contribution in [3.05, 3.63) is 81.8 Å². The SMILES string of the molecule is C[N+]1(c2ccc(C(=O)C3C4CCNCCC3C4)cc2)C=C(c2cc3ccc(C(F)(F)F)cc3[nH]c2=O)N=N1. The number of pyridine rings is 1. The molecule has 3 unspecified atom stereocenters. The molecule has 2 aromatic carbocycles. The number of carbonyl (C=O) groups is 1. The third-order valence-electron chi connectivity index (χ3n) is 8.14. The van der Waals surface area contributed by atoms with E-state index in [0.29, 0.717) is 28.5 Å². The second-order valence-electron chi connectivity index (χ2n) is 10.6. The normalized spacial score (nSPS) is 26.9. The number of rotatable bonds is 4. The van der Waals surface area contributed by atoms with Crippen LogP contribution in [0, 0.1) is 17.8 Å². The fraction of sp³-hybridized carbons (Fsp3) is 0.357. The molecule has 3 atom stereocenters. The van der Waals surface area contributed by atoms with E-state index in [2.05, 4.69) is 20.6 Å². The zero-order valence-corrected chi connectivity index (χ0v) is 20.8. The lowest BCUT2D eigenvalue weighted by Crippen LogP contribution is -2.46. The van der Waals surface area contributed by atoms with Gasteiger partial charge < -0.3 is 10.3 Å². The second-order valence-corrected chi connectivity index (χ2v) is 10.6. The summed E-state index contributed by atoms with van der Waals surface area (Å²) >= 11 is 0. The monoisotopic (exact) mass is 522 g/mol. The number of fused-ring (bicyclic) bond motifs is 3. The Morgan fingerprint density at radius 2 is 1.74 bits per heavy atom. The van der Waals surface area contributed by atoms with Gasteiger partial charge >= 0.3 is 6.18 Å². The van der Waals surface area contributed by atoms with E-state index in [4.69, 9.17) is 0 Å². The fourth-order valence-electron chi connectivity index (χ4n) is 5.96. The number of quaternary nitrogens is 1. The lowest BCUT2D eigenvalue weighted by molar-refractivity contribution is -0.137. The van der Waals surface area contributed by atoms with Crippen molar-refractivity contribution in [2.45, 2.75) is 25.4 Å². The number of nitrogens with one attached hydrogen (secondary N) is 2. The largest absolute Gasteiger partial charge is 0.416 e. The summed E-state index contributed by atoms with van der Waals surface area (Å²) in [5, 5.41) is 12.4. The number of hydrogen-bond donors (Lipinski definition) is 2. The number of halogens is 3. The molecule has 3 aliphatic rings. The predicted molar refractivity (Wildman–Crippen MR) is 138 cm³/mol. The maximum absolute atomic E-state index is 13.3. The van der Waals surface area contributed by atoms with Gasteiger partial charge in [-0.2, -0.15) is 13.2 Å². The van der Waals surface area contributed by atoms with Crippen LogP contribution in [0.1, 0.15) is 40.7 Å². The molecule has 10 heteroatoms. The van der Waals surface area contributed by atoms with Gasteiger partial charge in [-0.05, 0) is 79.9 Å². The highest BCUT2D eigenvalue weighted by Crippen LogP contribution is 2.47. The molecule has 38 heavy (non-hydrogen) atoms. The van der Waals surface area contributed by atoms with Crippen molar-refractivity contribution in [2.24, 2.45) is 28.1 Å². The van der Waals surface area contributed by atoms with Gasteiger partial charge in [-0.15, -0.1) is 4.59 Å². The first-order chi connectivity index (χ1) is 18.1. The van der Waals surface area contributed by atoms with Gasteiger partial charge in [0.1, 0.15) is 7.05 Å². The molecule has 1 saturated heterocycles. The Kier molecular flexibility index (Phi) is 5.84. The van der Waals surface area contributed by atoms with Gasteiger partial charge in [0.2, 0.25) is 0 Å². The lowest BCUT2D eigenvalue weighted by atomic mass is 9.59. The van der Waals surface area contributed by atoms with Crippen LogP contribution in [0.3, 0.4) is 0 Å². The number of benzene rings is 2. The summed E-state index contributed by atoms with van der Waals surface area (Å²) in [5.74, 6) is 1.19. The number of hydrogen-bond acceptors (Lipinski definition) is 5. The van der Waals surface area contributed by atoms with Gasteiger partial charge in [0.05, 0.1) is 11.1 Å². The first kappa shape index (κ1) is 24.7. The molecule has 1 aliphatic carbocycles. The number of H-pyrrole nitrogens is 1. The Morgan fingerprint density at radius 1 is 1.03 bits per heavy atom. The minimum atomic E-state index is -4.50. The van der Waals surface area contributed by atoms with E-state index < -0.39 is 17.3 Å². The summed E-state index contributed by atoms with van der Waals surface area (Å²) in [7, 11) is 1.80. The van der Waals surface area contributed by atoms with Crippen molar-refractivity contribution >= 4 is 28.1 Å². The van der Waals surface area contributed by atoms with Crippen LogP contribution in [0.25, 0.3) is 16.6 Å². The summed E-state index contributed by atoms with van der Waals surface area (Å²) in [6.07, 6.45) is 0.403. The molecule has 3 aromatic rings. The molecular formula is C28H27F3N5O2+. The number of ketones is 1. The quantitative estimate of drug-likeness (QED) is 0.341. The molecule has 0 spiro atoms. The van der Waals surface area contributed by atoms with Crippen LogP contribution in [0.4, 0.5) is 18.9 Å². The van der Waals surface area contributed by atoms with E-state index >= 15 is 0 Å². The van der Waals surface area contributed by atoms with Crippen LogP contribution in [0.2, 0.25) is 0 Å². The molecule has 2 bridgehead atoms. The van der Waals surface area contributed by atoms with Gasteiger partial charge in [0.15, 0.2) is 23.4 Å². The summed E-state index contributed by atoms with van der Waals surface area (Å²) in [4.78, 5) is 28.6.